The summed E-state index contributed by atoms with van der Waals surface area (Å²) in [5.41, 5.74) is 1.71. The Kier molecular flexibility index (Phi) is 6.11. The van der Waals surface area contributed by atoms with E-state index in [0.29, 0.717) is 17.9 Å². The van der Waals surface area contributed by atoms with Crippen LogP contribution in [-0.4, -0.2) is 27.2 Å². The van der Waals surface area contributed by atoms with Crippen molar-refractivity contribution in [2.75, 3.05) is 12.0 Å². The number of nitrogens with one attached hydrogen (secondary N) is 1. The number of hydrogen-bond donors (Lipinski definition) is 1. The minimum absolute atomic E-state index is 0.154. The van der Waals surface area contributed by atoms with Gasteiger partial charge in [0.15, 0.2) is 0 Å². The zero-order chi connectivity index (χ0) is 14.4. The Morgan fingerprint density at radius 1 is 1.47 bits per heavy atom. The molecule has 1 aromatic carbocycles. The predicted octanol–water partition coefficient (Wildman–Crippen LogP) is 2.15. The highest BCUT2D eigenvalue weighted by atomic mass is 32.2. The van der Waals surface area contributed by atoms with Gasteiger partial charge in [-0.15, -0.1) is 0 Å². The summed E-state index contributed by atoms with van der Waals surface area (Å²) in [6, 6.07) is 5.50. The van der Waals surface area contributed by atoms with Gasteiger partial charge in [-0.05, 0) is 25.8 Å². The summed E-state index contributed by atoms with van der Waals surface area (Å²) in [7, 11) is -0.776. The first-order valence-electron chi connectivity index (χ1n) is 6.17. The van der Waals surface area contributed by atoms with E-state index in [4.69, 9.17) is 0 Å². The lowest BCUT2D eigenvalue weighted by Gasteiger charge is -2.13. The largest absolute Gasteiger partial charge is 0.310 e. The summed E-state index contributed by atoms with van der Waals surface area (Å²) in [6.07, 6.45) is 2.52. The molecule has 19 heavy (non-hydrogen) atoms. The minimum atomic E-state index is -0.776. The summed E-state index contributed by atoms with van der Waals surface area (Å²) >= 11 is 0. The quantitative estimate of drug-likeness (QED) is 0.615. The SMILES string of the molecule is Cc1ccc(CNC(C)CCS(C)=O)cc1[N+](=O)[O-]. The van der Waals surface area contributed by atoms with Gasteiger partial charge in [0.05, 0.1) is 4.92 Å². The Bertz CT molecular complexity index is 477. The molecular formula is C13H20N2O3S. The summed E-state index contributed by atoms with van der Waals surface area (Å²) in [5, 5.41) is 14.1. The van der Waals surface area contributed by atoms with Gasteiger partial charge in [0.2, 0.25) is 0 Å². The van der Waals surface area contributed by atoms with E-state index in [1.165, 1.54) is 0 Å². The highest BCUT2D eigenvalue weighted by Gasteiger charge is 2.11. The van der Waals surface area contributed by atoms with Crippen molar-refractivity contribution in [2.24, 2.45) is 0 Å². The first-order valence-corrected chi connectivity index (χ1v) is 7.90. The molecule has 106 valence electrons. The van der Waals surface area contributed by atoms with Gasteiger partial charge < -0.3 is 5.32 Å². The Hall–Kier alpha value is -1.27. The molecule has 0 fully saturated rings. The highest BCUT2D eigenvalue weighted by Crippen LogP contribution is 2.19. The highest BCUT2D eigenvalue weighted by molar-refractivity contribution is 7.84. The van der Waals surface area contributed by atoms with Crippen LogP contribution in [-0.2, 0) is 17.3 Å². The lowest BCUT2D eigenvalue weighted by molar-refractivity contribution is -0.385. The topological polar surface area (TPSA) is 72.2 Å². The van der Waals surface area contributed by atoms with Crippen molar-refractivity contribution in [3.63, 3.8) is 0 Å². The lowest BCUT2D eigenvalue weighted by Crippen LogP contribution is -2.27. The fourth-order valence-electron chi connectivity index (χ4n) is 1.70. The van der Waals surface area contributed by atoms with Crippen LogP contribution in [0, 0.1) is 17.0 Å². The zero-order valence-electron chi connectivity index (χ0n) is 11.5. The molecule has 0 spiro atoms. The maximum Gasteiger partial charge on any atom is 0.272 e. The van der Waals surface area contributed by atoms with Crippen LogP contribution in [0.4, 0.5) is 5.69 Å². The maximum absolute atomic E-state index is 11.0. The van der Waals surface area contributed by atoms with E-state index in [9.17, 15) is 14.3 Å². The van der Waals surface area contributed by atoms with Crippen molar-refractivity contribution in [2.45, 2.75) is 32.9 Å². The molecule has 1 N–H and O–H groups in total. The average Bonchev–Trinajstić information content (AvgIpc) is 2.35. The molecule has 0 saturated heterocycles. The smallest absolute Gasteiger partial charge is 0.272 e. The van der Waals surface area contributed by atoms with Crippen LogP contribution in [0.1, 0.15) is 24.5 Å². The number of nitrogens with zero attached hydrogens (tertiary/aromatic N) is 1. The maximum atomic E-state index is 11.0. The molecule has 1 aromatic rings. The van der Waals surface area contributed by atoms with Crippen LogP contribution in [0.25, 0.3) is 0 Å². The molecular weight excluding hydrogens is 264 g/mol. The second kappa shape index (κ2) is 7.35. The third kappa shape index (κ3) is 5.48. The molecule has 0 amide bonds. The van der Waals surface area contributed by atoms with Crippen LogP contribution < -0.4 is 5.32 Å². The number of rotatable bonds is 7. The van der Waals surface area contributed by atoms with E-state index in [0.717, 1.165) is 12.0 Å². The van der Waals surface area contributed by atoms with E-state index in [1.807, 2.05) is 13.0 Å². The molecule has 0 bridgehead atoms. The monoisotopic (exact) mass is 284 g/mol. The van der Waals surface area contributed by atoms with E-state index in [1.54, 1.807) is 25.3 Å². The van der Waals surface area contributed by atoms with Crippen LogP contribution >= 0.6 is 0 Å². The van der Waals surface area contributed by atoms with Crippen molar-refractivity contribution in [1.82, 2.24) is 5.32 Å². The number of hydrogen-bond acceptors (Lipinski definition) is 4. The number of benzene rings is 1. The molecule has 0 heterocycles. The van der Waals surface area contributed by atoms with Crippen LogP contribution in [0.3, 0.4) is 0 Å². The van der Waals surface area contributed by atoms with Crippen molar-refractivity contribution >= 4 is 16.5 Å². The van der Waals surface area contributed by atoms with Gasteiger partial charge in [-0.3, -0.25) is 14.3 Å². The first kappa shape index (κ1) is 15.8. The second-order valence-electron chi connectivity index (χ2n) is 4.73. The predicted molar refractivity (Wildman–Crippen MR) is 77.7 cm³/mol. The molecule has 1 rings (SSSR count). The van der Waals surface area contributed by atoms with Gasteiger partial charge in [0, 0.05) is 47.0 Å². The van der Waals surface area contributed by atoms with E-state index in [2.05, 4.69) is 5.32 Å². The van der Waals surface area contributed by atoms with Crippen molar-refractivity contribution < 1.29 is 9.13 Å². The van der Waals surface area contributed by atoms with E-state index < -0.39 is 10.8 Å². The molecule has 0 aromatic heterocycles. The van der Waals surface area contributed by atoms with E-state index in [-0.39, 0.29) is 16.7 Å². The second-order valence-corrected chi connectivity index (χ2v) is 6.28. The normalized spacial score (nSPS) is 14.1. The lowest BCUT2D eigenvalue weighted by atomic mass is 10.1. The molecule has 0 aliphatic heterocycles. The van der Waals surface area contributed by atoms with Crippen LogP contribution in [0.5, 0.6) is 0 Å². The molecule has 0 saturated carbocycles. The first-order chi connectivity index (χ1) is 8.90. The van der Waals surface area contributed by atoms with Crippen molar-refractivity contribution in [3.8, 4) is 0 Å². The van der Waals surface area contributed by atoms with Crippen LogP contribution in [0.2, 0.25) is 0 Å². The molecule has 2 atom stereocenters. The fraction of sp³-hybridized carbons (Fsp3) is 0.538. The zero-order valence-corrected chi connectivity index (χ0v) is 12.3. The Morgan fingerprint density at radius 2 is 2.16 bits per heavy atom. The van der Waals surface area contributed by atoms with Crippen LogP contribution in [0.15, 0.2) is 18.2 Å². The van der Waals surface area contributed by atoms with Gasteiger partial charge in [0.25, 0.3) is 5.69 Å². The van der Waals surface area contributed by atoms with E-state index >= 15 is 0 Å². The summed E-state index contributed by atoms with van der Waals surface area (Å²) in [4.78, 5) is 10.5. The van der Waals surface area contributed by atoms with Gasteiger partial charge >= 0.3 is 0 Å². The number of aryl methyl sites for hydroxylation is 1. The fourth-order valence-corrected chi connectivity index (χ4v) is 2.38. The van der Waals surface area contributed by atoms with Gasteiger partial charge in [-0.2, -0.15) is 0 Å². The summed E-state index contributed by atoms with van der Waals surface area (Å²) in [5.74, 6) is 0.669. The summed E-state index contributed by atoms with van der Waals surface area (Å²) < 4.78 is 11.0. The van der Waals surface area contributed by atoms with Gasteiger partial charge in [-0.25, -0.2) is 0 Å². The molecule has 5 nitrogen and oxygen atoms in total. The van der Waals surface area contributed by atoms with Gasteiger partial charge in [-0.1, -0.05) is 12.1 Å². The molecule has 0 radical (unpaired) electrons. The van der Waals surface area contributed by atoms with Crippen molar-refractivity contribution in [1.29, 1.82) is 0 Å². The minimum Gasteiger partial charge on any atom is -0.310 e. The Balaban J connectivity index is 2.56. The molecule has 6 heteroatoms. The van der Waals surface area contributed by atoms with Crippen molar-refractivity contribution in [3.05, 3.63) is 39.4 Å². The summed E-state index contributed by atoms with van der Waals surface area (Å²) in [6.45, 7) is 4.34. The standard InChI is InChI=1S/C13H20N2O3S/c1-10-4-5-12(8-13(10)15(16)17)9-14-11(2)6-7-19(3)18/h4-5,8,11,14H,6-7,9H2,1-3H3. The number of nitro groups is 1. The van der Waals surface area contributed by atoms with Gasteiger partial charge in [0.1, 0.15) is 0 Å². The average molecular weight is 284 g/mol. The Morgan fingerprint density at radius 3 is 2.74 bits per heavy atom. The Labute approximate surface area is 116 Å². The molecule has 2 unspecified atom stereocenters. The molecule has 0 aliphatic carbocycles. The molecule has 0 aliphatic rings. The number of nitro benzene ring substituents is 1. The third-order valence-electron chi connectivity index (χ3n) is 2.96. The third-order valence-corrected chi connectivity index (χ3v) is 3.77.